The van der Waals surface area contributed by atoms with E-state index >= 15 is 0 Å². The Bertz CT molecular complexity index is 810. The quantitative estimate of drug-likeness (QED) is 0.650. The summed E-state index contributed by atoms with van der Waals surface area (Å²) >= 11 is 0. The van der Waals surface area contributed by atoms with Crippen molar-refractivity contribution in [1.29, 1.82) is 0 Å². The van der Waals surface area contributed by atoms with Gasteiger partial charge in [-0.2, -0.15) is 0 Å². The number of ether oxygens (including phenoxy) is 2. The molecule has 0 saturated heterocycles. The summed E-state index contributed by atoms with van der Waals surface area (Å²) in [7, 11) is 5.94. The van der Waals surface area contributed by atoms with Crippen LogP contribution < -0.4 is 14.8 Å². The summed E-state index contributed by atoms with van der Waals surface area (Å²) in [5.41, 5.74) is 2.36. The van der Waals surface area contributed by atoms with Crippen LogP contribution >= 0.6 is 0 Å². The lowest BCUT2D eigenvalue weighted by Gasteiger charge is -2.30. The molecule has 6 nitrogen and oxygen atoms in total. The van der Waals surface area contributed by atoms with Gasteiger partial charge in [0, 0.05) is 45.0 Å². The number of hydrogen-bond acceptors (Lipinski definition) is 3. The molecule has 0 amide bonds. The Morgan fingerprint density at radius 1 is 1.22 bits per heavy atom. The van der Waals surface area contributed by atoms with Crippen molar-refractivity contribution >= 4 is 5.96 Å². The van der Waals surface area contributed by atoms with Gasteiger partial charge in [0.05, 0.1) is 6.54 Å². The molecular weight excluding hydrogens is 340 g/mol. The third kappa shape index (κ3) is 4.38. The fourth-order valence-corrected chi connectivity index (χ4v) is 3.23. The van der Waals surface area contributed by atoms with Crippen LogP contribution in [0.5, 0.6) is 11.5 Å². The first-order valence-electron chi connectivity index (χ1n) is 9.33. The van der Waals surface area contributed by atoms with Crippen molar-refractivity contribution < 1.29 is 9.47 Å². The van der Waals surface area contributed by atoms with Gasteiger partial charge in [-0.05, 0) is 29.8 Å². The second kappa shape index (κ2) is 7.94. The van der Waals surface area contributed by atoms with Crippen LogP contribution in [0.15, 0.2) is 41.5 Å². The second-order valence-electron chi connectivity index (χ2n) is 7.61. The lowest BCUT2D eigenvalue weighted by molar-refractivity contribution is 0.171. The lowest BCUT2D eigenvalue weighted by Crippen LogP contribution is -2.44. The van der Waals surface area contributed by atoms with Crippen LogP contribution in [0.4, 0.5) is 0 Å². The molecule has 6 heteroatoms. The minimum Gasteiger partial charge on any atom is -0.486 e. The normalized spacial score (nSPS) is 14.2. The smallest absolute Gasteiger partial charge is 0.193 e. The number of nitrogens with one attached hydrogen (secondary N) is 1. The van der Waals surface area contributed by atoms with Crippen molar-refractivity contribution in [3.05, 3.63) is 47.8 Å². The predicted molar refractivity (Wildman–Crippen MR) is 109 cm³/mol. The molecule has 0 radical (unpaired) electrons. The molecule has 2 aromatic rings. The fourth-order valence-electron chi connectivity index (χ4n) is 3.23. The molecule has 1 aromatic heterocycles. The van der Waals surface area contributed by atoms with Gasteiger partial charge in [-0.15, -0.1) is 0 Å². The van der Waals surface area contributed by atoms with E-state index in [9.17, 15) is 0 Å². The van der Waals surface area contributed by atoms with Gasteiger partial charge in [0.1, 0.15) is 13.2 Å². The fraction of sp³-hybridized carbons (Fsp3) is 0.476. The highest BCUT2D eigenvalue weighted by atomic mass is 16.6. The third-order valence-electron chi connectivity index (χ3n) is 5.04. The Kier molecular flexibility index (Phi) is 5.63. The van der Waals surface area contributed by atoms with E-state index in [-0.39, 0.29) is 5.41 Å². The predicted octanol–water partition coefficient (Wildman–Crippen LogP) is 2.78. The maximum Gasteiger partial charge on any atom is 0.193 e. The minimum absolute atomic E-state index is 0.0857. The molecule has 0 bridgehead atoms. The van der Waals surface area contributed by atoms with Gasteiger partial charge in [0.15, 0.2) is 17.5 Å². The second-order valence-corrected chi connectivity index (χ2v) is 7.61. The molecule has 27 heavy (non-hydrogen) atoms. The molecule has 2 heterocycles. The van der Waals surface area contributed by atoms with E-state index in [1.807, 2.05) is 13.1 Å². The standard InChI is InChI=1S/C21H30N4O2/c1-21(2,16-8-9-18-19(13-16)27-12-11-26-18)15-23-20(22-3)25(5)14-17-7-6-10-24(17)4/h6-10,13H,11-12,14-15H2,1-5H3,(H,22,23). The number of nitrogens with zero attached hydrogens (tertiary/aromatic N) is 3. The van der Waals surface area contributed by atoms with E-state index in [4.69, 9.17) is 9.47 Å². The molecule has 1 aliphatic rings. The van der Waals surface area contributed by atoms with Gasteiger partial charge >= 0.3 is 0 Å². The molecule has 0 saturated carbocycles. The molecule has 0 atom stereocenters. The van der Waals surface area contributed by atoms with Crippen LogP contribution in [-0.2, 0) is 19.0 Å². The van der Waals surface area contributed by atoms with Gasteiger partial charge < -0.3 is 24.3 Å². The molecule has 3 rings (SSSR count). The molecule has 146 valence electrons. The molecule has 0 unspecified atom stereocenters. The average molecular weight is 370 g/mol. The highest BCUT2D eigenvalue weighted by Gasteiger charge is 2.24. The molecule has 0 fully saturated rings. The van der Waals surface area contributed by atoms with Crippen molar-refractivity contribution in [3.63, 3.8) is 0 Å². The van der Waals surface area contributed by atoms with E-state index in [0.717, 1.165) is 30.5 Å². The third-order valence-corrected chi connectivity index (χ3v) is 5.04. The molecule has 0 aliphatic carbocycles. The SMILES string of the molecule is CN=C(NCC(C)(C)c1ccc2c(c1)OCCO2)N(C)Cc1cccn1C. The molecule has 1 aliphatic heterocycles. The van der Waals surface area contributed by atoms with Crippen molar-refractivity contribution in [3.8, 4) is 11.5 Å². The lowest BCUT2D eigenvalue weighted by atomic mass is 9.84. The monoisotopic (exact) mass is 370 g/mol. The zero-order valence-corrected chi connectivity index (χ0v) is 17.0. The largest absolute Gasteiger partial charge is 0.486 e. The molecule has 1 N–H and O–H groups in total. The van der Waals surface area contributed by atoms with E-state index in [1.54, 1.807) is 0 Å². The minimum atomic E-state index is -0.0857. The van der Waals surface area contributed by atoms with Crippen LogP contribution in [-0.4, -0.2) is 49.3 Å². The number of aliphatic imine (C=N–C) groups is 1. The van der Waals surface area contributed by atoms with Gasteiger partial charge in [-0.25, -0.2) is 0 Å². The maximum atomic E-state index is 5.73. The van der Waals surface area contributed by atoms with Gasteiger partial charge in [0.25, 0.3) is 0 Å². The van der Waals surface area contributed by atoms with E-state index < -0.39 is 0 Å². The van der Waals surface area contributed by atoms with Crippen LogP contribution in [0.25, 0.3) is 0 Å². The Balaban J connectivity index is 1.65. The maximum absolute atomic E-state index is 5.73. The Morgan fingerprint density at radius 3 is 2.63 bits per heavy atom. The highest BCUT2D eigenvalue weighted by Crippen LogP contribution is 2.34. The van der Waals surface area contributed by atoms with E-state index in [0.29, 0.717) is 13.2 Å². The Hall–Kier alpha value is -2.63. The van der Waals surface area contributed by atoms with E-state index in [1.165, 1.54) is 11.3 Å². The molecule has 1 aromatic carbocycles. The summed E-state index contributed by atoms with van der Waals surface area (Å²) in [5.74, 6) is 2.53. The number of aromatic nitrogens is 1. The highest BCUT2D eigenvalue weighted by molar-refractivity contribution is 5.79. The number of rotatable bonds is 5. The van der Waals surface area contributed by atoms with Gasteiger partial charge in [0.2, 0.25) is 0 Å². The summed E-state index contributed by atoms with van der Waals surface area (Å²) in [6.07, 6.45) is 2.06. The van der Waals surface area contributed by atoms with Crippen molar-refractivity contribution in [1.82, 2.24) is 14.8 Å². The van der Waals surface area contributed by atoms with Crippen LogP contribution in [0, 0.1) is 0 Å². The molecule has 0 spiro atoms. The summed E-state index contributed by atoms with van der Waals surface area (Å²) in [5, 5.41) is 3.51. The zero-order chi connectivity index (χ0) is 19.4. The number of aryl methyl sites for hydroxylation is 1. The topological polar surface area (TPSA) is 51.0 Å². The van der Waals surface area contributed by atoms with Crippen molar-refractivity contribution in [2.24, 2.45) is 12.0 Å². The number of guanidine groups is 1. The summed E-state index contributed by atoms with van der Waals surface area (Å²) in [4.78, 5) is 6.58. The average Bonchev–Trinajstić information content (AvgIpc) is 3.06. The van der Waals surface area contributed by atoms with Crippen molar-refractivity contribution in [2.75, 3.05) is 33.9 Å². The van der Waals surface area contributed by atoms with Crippen LogP contribution in [0.3, 0.4) is 0 Å². The molecular formula is C21H30N4O2. The zero-order valence-electron chi connectivity index (χ0n) is 17.0. The Morgan fingerprint density at radius 2 is 1.96 bits per heavy atom. The summed E-state index contributed by atoms with van der Waals surface area (Å²) < 4.78 is 13.5. The van der Waals surface area contributed by atoms with E-state index in [2.05, 4.69) is 78.2 Å². The number of fused-ring (bicyclic) bond motifs is 1. The van der Waals surface area contributed by atoms with Gasteiger partial charge in [-0.1, -0.05) is 19.9 Å². The first-order chi connectivity index (χ1) is 12.9. The number of hydrogen-bond donors (Lipinski definition) is 1. The van der Waals surface area contributed by atoms with Crippen LogP contribution in [0.2, 0.25) is 0 Å². The number of benzene rings is 1. The van der Waals surface area contributed by atoms with Crippen molar-refractivity contribution in [2.45, 2.75) is 25.8 Å². The Labute approximate surface area is 161 Å². The summed E-state index contributed by atoms with van der Waals surface area (Å²) in [6, 6.07) is 10.4. The van der Waals surface area contributed by atoms with Crippen LogP contribution in [0.1, 0.15) is 25.1 Å². The first-order valence-corrected chi connectivity index (χ1v) is 9.33. The first kappa shape index (κ1) is 19.1. The summed E-state index contributed by atoms with van der Waals surface area (Å²) in [6.45, 7) is 7.21. The van der Waals surface area contributed by atoms with Gasteiger partial charge in [-0.3, -0.25) is 4.99 Å².